The van der Waals surface area contributed by atoms with Gasteiger partial charge in [0.1, 0.15) is 11.5 Å². The third-order valence-electron chi connectivity index (χ3n) is 3.00. The summed E-state index contributed by atoms with van der Waals surface area (Å²) in [5, 5.41) is 10.4. The monoisotopic (exact) mass is 239 g/mol. The summed E-state index contributed by atoms with van der Waals surface area (Å²) >= 11 is 0. The number of ether oxygens (including phenoxy) is 2. The average Bonchev–Trinajstić information content (AvgIpc) is 2.36. The molecule has 0 aliphatic carbocycles. The Morgan fingerprint density at radius 3 is 2.41 bits per heavy atom. The van der Waals surface area contributed by atoms with Crippen LogP contribution in [0.4, 0.5) is 0 Å². The number of rotatable bonds is 5. The maximum atomic E-state index is 10.4. The Morgan fingerprint density at radius 1 is 1.29 bits per heavy atom. The fourth-order valence-corrected chi connectivity index (χ4v) is 1.59. The zero-order valence-corrected chi connectivity index (χ0v) is 10.9. The van der Waals surface area contributed by atoms with Gasteiger partial charge in [0.2, 0.25) is 0 Å². The van der Waals surface area contributed by atoms with Crippen LogP contribution in [0.3, 0.4) is 0 Å². The third kappa shape index (κ3) is 2.90. The molecule has 0 saturated carbocycles. The van der Waals surface area contributed by atoms with E-state index in [-0.39, 0.29) is 0 Å². The Kier molecular flexibility index (Phi) is 4.37. The molecule has 0 amide bonds. The lowest BCUT2D eigenvalue weighted by molar-refractivity contribution is 0.0532. The van der Waals surface area contributed by atoms with E-state index < -0.39 is 11.5 Å². The minimum atomic E-state index is -0.697. The van der Waals surface area contributed by atoms with Crippen molar-refractivity contribution in [2.24, 2.45) is 11.1 Å². The Labute approximate surface area is 102 Å². The first-order valence-corrected chi connectivity index (χ1v) is 5.56. The second-order valence-electron chi connectivity index (χ2n) is 4.70. The fraction of sp³-hybridized carbons (Fsp3) is 0.538. The van der Waals surface area contributed by atoms with Crippen LogP contribution in [0.25, 0.3) is 0 Å². The molecule has 1 aromatic rings. The van der Waals surface area contributed by atoms with Crippen molar-refractivity contribution >= 4 is 0 Å². The van der Waals surface area contributed by atoms with E-state index in [2.05, 4.69) is 0 Å². The standard InChI is InChI=1S/C13H21NO3/c1-13(2,8-14)12(15)10-7-9(16-3)5-6-11(10)17-4/h5-7,12,15H,8,14H2,1-4H3. The molecule has 0 fully saturated rings. The topological polar surface area (TPSA) is 64.7 Å². The Balaban J connectivity index is 3.18. The van der Waals surface area contributed by atoms with Crippen molar-refractivity contribution in [3.63, 3.8) is 0 Å². The third-order valence-corrected chi connectivity index (χ3v) is 3.00. The minimum Gasteiger partial charge on any atom is -0.497 e. The number of hydrogen-bond acceptors (Lipinski definition) is 4. The largest absolute Gasteiger partial charge is 0.497 e. The van der Waals surface area contributed by atoms with E-state index in [0.29, 0.717) is 23.6 Å². The molecule has 4 nitrogen and oxygen atoms in total. The molecular formula is C13H21NO3. The molecule has 1 atom stereocenters. The molecule has 4 heteroatoms. The molecule has 0 spiro atoms. The predicted molar refractivity (Wildman–Crippen MR) is 67.3 cm³/mol. The minimum absolute atomic E-state index is 0.383. The van der Waals surface area contributed by atoms with Crippen molar-refractivity contribution in [3.05, 3.63) is 23.8 Å². The highest BCUT2D eigenvalue weighted by atomic mass is 16.5. The van der Waals surface area contributed by atoms with Crippen LogP contribution in [-0.2, 0) is 0 Å². The molecular weight excluding hydrogens is 218 g/mol. The molecule has 96 valence electrons. The zero-order chi connectivity index (χ0) is 13.1. The lowest BCUT2D eigenvalue weighted by Gasteiger charge is -2.30. The molecule has 0 heterocycles. The highest BCUT2D eigenvalue weighted by Gasteiger charge is 2.30. The molecule has 17 heavy (non-hydrogen) atoms. The first-order chi connectivity index (χ1) is 7.96. The van der Waals surface area contributed by atoms with E-state index in [1.165, 1.54) is 0 Å². The van der Waals surface area contributed by atoms with E-state index in [0.717, 1.165) is 0 Å². The van der Waals surface area contributed by atoms with E-state index in [9.17, 15) is 5.11 Å². The van der Waals surface area contributed by atoms with Gasteiger partial charge in [-0.1, -0.05) is 13.8 Å². The molecule has 1 aromatic carbocycles. The summed E-state index contributed by atoms with van der Waals surface area (Å²) < 4.78 is 10.4. The Bertz CT molecular complexity index is 377. The van der Waals surface area contributed by atoms with Gasteiger partial charge in [-0.3, -0.25) is 0 Å². The van der Waals surface area contributed by atoms with Gasteiger partial charge in [-0.2, -0.15) is 0 Å². The lowest BCUT2D eigenvalue weighted by Crippen LogP contribution is -2.31. The highest BCUT2D eigenvalue weighted by Crippen LogP contribution is 2.38. The first kappa shape index (κ1) is 13.8. The molecule has 1 rings (SSSR count). The van der Waals surface area contributed by atoms with Crippen LogP contribution in [-0.4, -0.2) is 25.9 Å². The number of methoxy groups -OCH3 is 2. The zero-order valence-electron chi connectivity index (χ0n) is 10.9. The van der Waals surface area contributed by atoms with Crippen LogP contribution in [0.1, 0.15) is 25.5 Å². The smallest absolute Gasteiger partial charge is 0.124 e. The van der Waals surface area contributed by atoms with Gasteiger partial charge in [-0.05, 0) is 18.2 Å². The van der Waals surface area contributed by atoms with Gasteiger partial charge in [0.15, 0.2) is 0 Å². The van der Waals surface area contributed by atoms with Crippen LogP contribution in [0, 0.1) is 5.41 Å². The van der Waals surface area contributed by atoms with E-state index in [1.54, 1.807) is 32.4 Å². The van der Waals surface area contributed by atoms with Gasteiger partial charge in [-0.15, -0.1) is 0 Å². The van der Waals surface area contributed by atoms with Crippen LogP contribution in [0.5, 0.6) is 11.5 Å². The average molecular weight is 239 g/mol. The molecule has 0 bridgehead atoms. The van der Waals surface area contributed by atoms with Crippen molar-refractivity contribution in [2.45, 2.75) is 20.0 Å². The molecule has 0 aliphatic heterocycles. The van der Waals surface area contributed by atoms with Gasteiger partial charge in [-0.25, -0.2) is 0 Å². The van der Waals surface area contributed by atoms with Crippen LogP contribution < -0.4 is 15.2 Å². The molecule has 0 saturated heterocycles. The first-order valence-electron chi connectivity index (χ1n) is 5.56. The summed E-state index contributed by atoms with van der Waals surface area (Å²) in [6.45, 7) is 4.21. The highest BCUT2D eigenvalue weighted by molar-refractivity contribution is 5.42. The fourth-order valence-electron chi connectivity index (χ4n) is 1.59. The number of benzene rings is 1. The van der Waals surface area contributed by atoms with E-state index >= 15 is 0 Å². The van der Waals surface area contributed by atoms with Crippen molar-refractivity contribution in [1.82, 2.24) is 0 Å². The summed E-state index contributed by atoms with van der Waals surface area (Å²) in [6.07, 6.45) is -0.697. The molecule has 0 aromatic heterocycles. The Hall–Kier alpha value is -1.26. The number of aliphatic hydroxyl groups is 1. The molecule has 1 unspecified atom stereocenters. The Morgan fingerprint density at radius 2 is 1.94 bits per heavy atom. The second-order valence-corrected chi connectivity index (χ2v) is 4.70. The summed E-state index contributed by atoms with van der Waals surface area (Å²) in [5.41, 5.74) is 5.95. The van der Waals surface area contributed by atoms with E-state index in [1.807, 2.05) is 13.8 Å². The lowest BCUT2D eigenvalue weighted by atomic mass is 9.82. The van der Waals surface area contributed by atoms with Gasteiger partial charge in [0, 0.05) is 17.5 Å². The molecule has 0 radical (unpaired) electrons. The SMILES string of the molecule is COc1ccc(OC)c(C(O)C(C)(C)CN)c1. The van der Waals surface area contributed by atoms with Crippen LogP contribution in [0.2, 0.25) is 0 Å². The maximum Gasteiger partial charge on any atom is 0.124 e. The van der Waals surface area contributed by atoms with Crippen LogP contribution in [0.15, 0.2) is 18.2 Å². The molecule has 0 aliphatic rings. The summed E-state index contributed by atoms with van der Waals surface area (Å²) in [5.74, 6) is 1.33. The summed E-state index contributed by atoms with van der Waals surface area (Å²) in [6, 6.07) is 5.36. The van der Waals surface area contributed by atoms with Crippen molar-refractivity contribution < 1.29 is 14.6 Å². The van der Waals surface area contributed by atoms with Crippen LogP contribution >= 0.6 is 0 Å². The quantitative estimate of drug-likeness (QED) is 0.821. The van der Waals surface area contributed by atoms with Gasteiger partial charge >= 0.3 is 0 Å². The second kappa shape index (κ2) is 5.38. The predicted octanol–water partition coefficient (Wildman–Crippen LogP) is 1.72. The summed E-state index contributed by atoms with van der Waals surface area (Å²) in [7, 11) is 3.17. The van der Waals surface area contributed by atoms with Crippen molar-refractivity contribution in [3.8, 4) is 11.5 Å². The van der Waals surface area contributed by atoms with Gasteiger partial charge in [0.25, 0.3) is 0 Å². The maximum absolute atomic E-state index is 10.4. The van der Waals surface area contributed by atoms with Gasteiger partial charge < -0.3 is 20.3 Å². The van der Waals surface area contributed by atoms with E-state index in [4.69, 9.17) is 15.2 Å². The van der Waals surface area contributed by atoms with Crippen molar-refractivity contribution in [2.75, 3.05) is 20.8 Å². The number of hydrogen-bond donors (Lipinski definition) is 2. The normalized spacial score (nSPS) is 13.3. The summed E-state index contributed by atoms with van der Waals surface area (Å²) in [4.78, 5) is 0. The number of nitrogens with two attached hydrogens (primary N) is 1. The number of aliphatic hydroxyl groups excluding tert-OH is 1. The van der Waals surface area contributed by atoms with Gasteiger partial charge in [0.05, 0.1) is 20.3 Å². The van der Waals surface area contributed by atoms with Crippen molar-refractivity contribution in [1.29, 1.82) is 0 Å². The molecule has 3 N–H and O–H groups in total.